The molecule has 5 heteroatoms. The van der Waals surface area contributed by atoms with Crippen LogP contribution in [0.1, 0.15) is 5.56 Å². The quantitative estimate of drug-likeness (QED) is 0.942. The highest BCUT2D eigenvalue weighted by atomic mass is 79.9. The van der Waals surface area contributed by atoms with Crippen LogP contribution in [0.25, 0.3) is 0 Å². The highest BCUT2D eigenvalue weighted by Gasteiger charge is 1.99. The minimum absolute atomic E-state index is 0.493. The zero-order chi connectivity index (χ0) is 12.1. The van der Waals surface area contributed by atoms with Gasteiger partial charge in [-0.25, -0.2) is 9.97 Å². The first kappa shape index (κ1) is 11.9. The molecular formula is C12H12BrN3O. The molecule has 0 aliphatic heterocycles. The summed E-state index contributed by atoms with van der Waals surface area (Å²) in [4.78, 5) is 8.05. The van der Waals surface area contributed by atoms with E-state index in [9.17, 15) is 0 Å². The van der Waals surface area contributed by atoms with Gasteiger partial charge in [-0.15, -0.1) is 0 Å². The summed E-state index contributed by atoms with van der Waals surface area (Å²) in [6.45, 7) is 0.493. The van der Waals surface area contributed by atoms with Crippen LogP contribution in [0, 0.1) is 0 Å². The number of ether oxygens (including phenoxy) is 1. The summed E-state index contributed by atoms with van der Waals surface area (Å²) in [5.74, 6) is 1.30. The lowest BCUT2D eigenvalue weighted by Gasteiger charge is -2.06. The van der Waals surface area contributed by atoms with Crippen molar-refractivity contribution in [1.29, 1.82) is 0 Å². The minimum Gasteiger partial charge on any atom is -0.473 e. The highest BCUT2D eigenvalue weighted by Crippen LogP contribution is 2.14. The monoisotopic (exact) mass is 293 g/mol. The second-order valence-corrected chi connectivity index (χ2v) is 4.32. The van der Waals surface area contributed by atoms with E-state index in [0.29, 0.717) is 12.5 Å². The van der Waals surface area contributed by atoms with Crippen LogP contribution in [0.3, 0.4) is 0 Å². The van der Waals surface area contributed by atoms with Crippen molar-refractivity contribution in [3.8, 4) is 5.88 Å². The van der Waals surface area contributed by atoms with Gasteiger partial charge in [0.15, 0.2) is 0 Å². The molecule has 0 radical (unpaired) electrons. The number of nitrogens with zero attached hydrogens (tertiary/aromatic N) is 2. The van der Waals surface area contributed by atoms with Gasteiger partial charge < -0.3 is 10.1 Å². The van der Waals surface area contributed by atoms with Crippen LogP contribution in [0.15, 0.2) is 41.1 Å². The Balaban J connectivity index is 1.99. The van der Waals surface area contributed by atoms with Gasteiger partial charge in [-0.2, -0.15) is 0 Å². The van der Waals surface area contributed by atoms with Crippen molar-refractivity contribution in [3.05, 3.63) is 46.7 Å². The molecule has 1 N–H and O–H groups in total. The Kier molecular flexibility index (Phi) is 3.93. The van der Waals surface area contributed by atoms with Gasteiger partial charge in [0, 0.05) is 17.6 Å². The predicted octanol–water partition coefficient (Wildman–Crippen LogP) is 2.86. The summed E-state index contributed by atoms with van der Waals surface area (Å²) < 4.78 is 6.62. The van der Waals surface area contributed by atoms with E-state index in [1.807, 2.05) is 24.3 Å². The molecule has 1 heterocycles. The number of aromatic nitrogens is 2. The molecule has 0 saturated carbocycles. The van der Waals surface area contributed by atoms with Crippen LogP contribution >= 0.6 is 15.9 Å². The van der Waals surface area contributed by atoms with Crippen molar-refractivity contribution < 1.29 is 4.74 Å². The van der Waals surface area contributed by atoms with Gasteiger partial charge in [0.1, 0.15) is 18.8 Å². The molecule has 2 aromatic rings. The van der Waals surface area contributed by atoms with Crippen molar-refractivity contribution in [2.24, 2.45) is 0 Å². The Morgan fingerprint density at radius 1 is 1.24 bits per heavy atom. The molecule has 1 aromatic heterocycles. The van der Waals surface area contributed by atoms with E-state index in [2.05, 4.69) is 31.2 Å². The zero-order valence-electron chi connectivity index (χ0n) is 9.35. The number of hydrogen-bond acceptors (Lipinski definition) is 4. The third-order valence-corrected chi connectivity index (χ3v) is 2.73. The first-order chi connectivity index (χ1) is 8.28. The molecule has 0 atom stereocenters. The van der Waals surface area contributed by atoms with E-state index in [1.165, 1.54) is 6.33 Å². The summed E-state index contributed by atoms with van der Waals surface area (Å²) in [5.41, 5.74) is 1.10. The molecule has 0 spiro atoms. The van der Waals surface area contributed by atoms with Crippen molar-refractivity contribution in [2.75, 3.05) is 12.4 Å². The lowest BCUT2D eigenvalue weighted by atomic mass is 10.2. The SMILES string of the molecule is CNc1cc(OCc2ccc(Br)cc2)ncn1. The molecular weight excluding hydrogens is 282 g/mol. The zero-order valence-corrected chi connectivity index (χ0v) is 10.9. The standard InChI is InChI=1S/C12H12BrN3O/c1-14-11-6-12(16-8-15-11)17-7-9-2-4-10(13)5-3-9/h2-6,8H,7H2,1H3,(H,14,15,16). The lowest BCUT2D eigenvalue weighted by molar-refractivity contribution is 0.293. The molecule has 0 saturated heterocycles. The molecule has 4 nitrogen and oxygen atoms in total. The Morgan fingerprint density at radius 2 is 2.00 bits per heavy atom. The molecule has 0 bridgehead atoms. The third kappa shape index (κ3) is 3.42. The normalized spacial score (nSPS) is 10.0. The summed E-state index contributed by atoms with van der Waals surface area (Å²) in [6.07, 6.45) is 1.47. The third-order valence-electron chi connectivity index (χ3n) is 2.20. The summed E-state index contributed by atoms with van der Waals surface area (Å²) in [5, 5.41) is 2.94. The number of anilines is 1. The molecule has 0 aliphatic rings. The fraction of sp³-hybridized carbons (Fsp3) is 0.167. The minimum atomic E-state index is 0.493. The average molecular weight is 294 g/mol. The van der Waals surface area contributed by atoms with Crippen LogP contribution in [-0.4, -0.2) is 17.0 Å². The van der Waals surface area contributed by atoms with Crippen LogP contribution in [0.4, 0.5) is 5.82 Å². The van der Waals surface area contributed by atoms with E-state index in [1.54, 1.807) is 13.1 Å². The maximum atomic E-state index is 5.57. The molecule has 0 amide bonds. The fourth-order valence-corrected chi connectivity index (χ4v) is 1.56. The number of hydrogen-bond donors (Lipinski definition) is 1. The lowest BCUT2D eigenvalue weighted by Crippen LogP contribution is -1.99. The predicted molar refractivity (Wildman–Crippen MR) is 70.1 cm³/mol. The first-order valence-corrected chi connectivity index (χ1v) is 5.94. The fourth-order valence-electron chi connectivity index (χ4n) is 1.29. The molecule has 88 valence electrons. The first-order valence-electron chi connectivity index (χ1n) is 5.15. The van der Waals surface area contributed by atoms with Gasteiger partial charge >= 0.3 is 0 Å². The molecule has 1 aromatic carbocycles. The Morgan fingerprint density at radius 3 is 2.71 bits per heavy atom. The molecule has 17 heavy (non-hydrogen) atoms. The van der Waals surface area contributed by atoms with Crippen LogP contribution < -0.4 is 10.1 Å². The maximum absolute atomic E-state index is 5.57. The van der Waals surface area contributed by atoms with Crippen LogP contribution in [0.2, 0.25) is 0 Å². The molecule has 0 fully saturated rings. The van der Waals surface area contributed by atoms with Gasteiger partial charge in [0.2, 0.25) is 5.88 Å². The molecule has 0 unspecified atom stereocenters. The van der Waals surface area contributed by atoms with Gasteiger partial charge in [-0.1, -0.05) is 28.1 Å². The van der Waals surface area contributed by atoms with Gasteiger partial charge in [0.05, 0.1) is 0 Å². The van der Waals surface area contributed by atoms with Gasteiger partial charge in [-0.3, -0.25) is 0 Å². The number of halogens is 1. The van der Waals surface area contributed by atoms with Gasteiger partial charge in [-0.05, 0) is 17.7 Å². The number of rotatable bonds is 4. The van der Waals surface area contributed by atoms with Crippen LogP contribution in [0.5, 0.6) is 5.88 Å². The topological polar surface area (TPSA) is 47.0 Å². The van der Waals surface area contributed by atoms with Crippen molar-refractivity contribution in [2.45, 2.75) is 6.61 Å². The smallest absolute Gasteiger partial charge is 0.218 e. The van der Waals surface area contributed by atoms with Crippen LogP contribution in [-0.2, 0) is 6.61 Å². The van der Waals surface area contributed by atoms with Crippen molar-refractivity contribution >= 4 is 21.7 Å². The average Bonchev–Trinajstić information content (AvgIpc) is 2.38. The van der Waals surface area contributed by atoms with E-state index < -0.39 is 0 Å². The van der Waals surface area contributed by atoms with Crippen molar-refractivity contribution in [3.63, 3.8) is 0 Å². The summed E-state index contributed by atoms with van der Waals surface area (Å²) in [7, 11) is 1.81. The largest absolute Gasteiger partial charge is 0.473 e. The van der Waals surface area contributed by atoms with Crippen molar-refractivity contribution in [1.82, 2.24) is 9.97 Å². The Bertz CT molecular complexity index is 487. The van der Waals surface area contributed by atoms with E-state index in [4.69, 9.17) is 4.74 Å². The summed E-state index contributed by atoms with van der Waals surface area (Å²) in [6, 6.07) is 9.74. The number of benzene rings is 1. The van der Waals surface area contributed by atoms with Gasteiger partial charge in [0.25, 0.3) is 0 Å². The summed E-state index contributed by atoms with van der Waals surface area (Å²) >= 11 is 3.39. The molecule has 0 aliphatic carbocycles. The van der Waals surface area contributed by atoms with E-state index in [-0.39, 0.29) is 0 Å². The Labute approximate surface area is 108 Å². The highest BCUT2D eigenvalue weighted by molar-refractivity contribution is 9.10. The molecule has 2 rings (SSSR count). The maximum Gasteiger partial charge on any atom is 0.218 e. The Hall–Kier alpha value is -1.62. The number of nitrogens with one attached hydrogen (secondary N) is 1. The van der Waals surface area contributed by atoms with E-state index in [0.717, 1.165) is 15.9 Å². The van der Waals surface area contributed by atoms with E-state index >= 15 is 0 Å². The second-order valence-electron chi connectivity index (χ2n) is 3.41. The second kappa shape index (κ2) is 5.63.